The highest BCUT2D eigenvalue weighted by Gasteiger charge is 2.40. The molecule has 0 bridgehead atoms. The highest BCUT2D eigenvalue weighted by atomic mass is 35.5. The molecule has 1 saturated carbocycles. The van der Waals surface area contributed by atoms with E-state index in [0.717, 1.165) is 19.3 Å². The number of sulfonamides is 1. The second kappa shape index (κ2) is 5.95. The molecule has 0 amide bonds. The standard InChI is InChI=1S/C13H19ClN4O2S/c1-3-10-4-6-13(9-15,7-5-10)17-21(19,20)12-11(14)8-16-18(12)2/h8,10,17H,3-7H2,1-2H3. The average Bonchev–Trinajstić information content (AvgIpc) is 2.79. The van der Waals surface area contributed by atoms with Gasteiger partial charge in [0.15, 0.2) is 5.03 Å². The summed E-state index contributed by atoms with van der Waals surface area (Å²) in [7, 11) is -2.37. The fourth-order valence-electron chi connectivity index (χ4n) is 2.82. The second-order valence-electron chi connectivity index (χ2n) is 5.57. The van der Waals surface area contributed by atoms with Crippen LogP contribution in [0.15, 0.2) is 11.2 Å². The maximum absolute atomic E-state index is 12.5. The summed E-state index contributed by atoms with van der Waals surface area (Å²) in [5, 5.41) is 13.3. The second-order valence-corrected chi connectivity index (χ2v) is 7.58. The van der Waals surface area contributed by atoms with Crippen molar-refractivity contribution in [2.45, 2.75) is 49.6 Å². The van der Waals surface area contributed by atoms with Gasteiger partial charge in [-0.3, -0.25) is 4.68 Å². The van der Waals surface area contributed by atoms with Crippen molar-refractivity contribution in [2.24, 2.45) is 13.0 Å². The van der Waals surface area contributed by atoms with Gasteiger partial charge in [-0.1, -0.05) is 24.9 Å². The van der Waals surface area contributed by atoms with Gasteiger partial charge in [0.1, 0.15) is 5.54 Å². The minimum absolute atomic E-state index is 0.0559. The predicted molar refractivity (Wildman–Crippen MR) is 79.1 cm³/mol. The molecule has 0 atom stereocenters. The Bertz CT molecular complexity index is 635. The summed E-state index contributed by atoms with van der Waals surface area (Å²) in [6, 6.07) is 2.16. The Kier molecular flexibility index (Phi) is 4.61. The van der Waals surface area contributed by atoms with E-state index in [1.165, 1.54) is 17.9 Å². The van der Waals surface area contributed by atoms with Gasteiger partial charge < -0.3 is 0 Å². The molecule has 0 radical (unpaired) electrons. The number of rotatable bonds is 4. The van der Waals surface area contributed by atoms with Crippen LogP contribution in [-0.2, 0) is 17.1 Å². The molecule has 1 aliphatic carbocycles. The lowest BCUT2D eigenvalue weighted by Crippen LogP contribution is -2.49. The molecule has 1 aromatic heterocycles. The first-order valence-corrected chi connectivity index (χ1v) is 8.82. The van der Waals surface area contributed by atoms with E-state index in [0.29, 0.717) is 18.8 Å². The van der Waals surface area contributed by atoms with Gasteiger partial charge in [-0.2, -0.15) is 15.1 Å². The van der Waals surface area contributed by atoms with Gasteiger partial charge in [0, 0.05) is 7.05 Å². The van der Waals surface area contributed by atoms with E-state index < -0.39 is 15.6 Å². The lowest BCUT2D eigenvalue weighted by atomic mass is 9.77. The number of nitrogens with one attached hydrogen (secondary N) is 1. The third-order valence-electron chi connectivity index (χ3n) is 4.18. The Morgan fingerprint density at radius 1 is 1.57 bits per heavy atom. The first-order chi connectivity index (χ1) is 9.83. The molecule has 0 saturated heterocycles. The minimum Gasteiger partial charge on any atom is -0.255 e. The van der Waals surface area contributed by atoms with Crippen molar-refractivity contribution in [1.82, 2.24) is 14.5 Å². The Morgan fingerprint density at radius 3 is 2.62 bits per heavy atom. The summed E-state index contributed by atoms with van der Waals surface area (Å²) in [4.78, 5) is 0. The highest BCUT2D eigenvalue weighted by molar-refractivity contribution is 7.89. The molecule has 8 heteroatoms. The molecule has 1 fully saturated rings. The van der Waals surface area contributed by atoms with Crippen LogP contribution < -0.4 is 4.72 Å². The van der Waals surface area contributed by atoms with Crippen LogP contribution in [0, 0.1) is 17.2 Å². The highest BCUT2D eigenvalue weighted by Crippen LogP contribution is 2.35. The van der Waals surface area contributed by atoms with Crippen LogP contribution in [0.25, 0.3) is 0 Å². The van der Waals surface area contributed by atoms with Crippen molar-refractivity contribution in [1.29, 1.82) is 5.26 Å². The average molecular weight is 331 g/mol. The maximum Gasteiger partial charge on any atom is 0.260 e. The van der Waals surface area contributed by atoms with Crippen molar-refractivity contribution in [3.8, 4) is 6.07 Å². The van der Waals surface area contributed by atoms with E-state index in [9.17, 15) is 13.7 Å². The van der Waals surface area contributed by atoms with E-state index in [1.54, 1.807) is 0 Å². The Morgan fingerprint density at radius 2 is 2.19 bits per heavy atom. The van der Waals surface area contributed by atoms with E-state index in [1.807, 2.05) is 0 Å². The van der Waals surface area contributed by atoms with Gasteiger partial charge in [0.2, 0.25) is 0 Å². The molecule has 0 aromatic carbocycles. The molecule has 1 aliphatic rings. The van der Waals surface area contributed by atoms with Crippen molar-refractivity contribution < 1.29 is 8.42 Å². The Balaban J connectivity index is 2.25. The molecular weight excluding hydrogens is 312 g/mol. The van der Waals surface area contributed by atoms with E-state index in [2.05, 4.69) is 22.8 Å². The van der Waals surface area contributed by atoms with Crippen LogP contribution in [0.3, 0.4) is 0 Å². The number of hydrogen-bond acceptors (Lipinski definition) is 4. The molecule has 116 valence electrons. The van der Waals surface area contributed by atoms with Gasteiger partial charge >= 0.3 is 0 Å². The van der Waals surface area contributed by atoms with Crippen molar-refractivity contribution >= 4 is 21.6 Å². The molecule has 2 rings (SSSR count). The SMILES string of the molecule is CCC1CCC(C#N)(NS(=O)(=O)c2c(Cl)cnn2C)CC1. The topological polar surface area (TPSA) is 87.8 Å². The number of nitrogens with zero attached hydrogens (tertiary/aromatic N) is 3. The third-order valence-corrected chi connectivity index (χ3v) is 6.22. The van der Waals surface area contributed by atoms with Crippen LogP contribution in [0.5, 0.6) is 0 Å². The van der Waals surface area contributed by atoms with E-state index in [-0.39, 0.29) is 10.0 Å². The summed E-state index contributed by atoms with van der Waals surface area (Å²) in [6.07, 6.45) is 5.09. The molecule has 1 N–H and O–H groups in total. The van der Waals surface area contributed by atoms with Gasteiger partial charge in [-0.05, 0) is 31.6 Å². The van der Waals surface area contributed by atoms with Gasteiger partial charge in [-0.15, -0.1) is 0 Å². The van der Waals surface area contributed by atoms with Crippen molar-refractivity contribution in [2.75, 3.05) is 0 Å². The third kappa shape index (κ3) is 3.23. The zero-order valence-corrected chi connectivity index (χ0v) is 13.7. The number of nitriles is 1. The first kappa shape index (κ1) is 16.3. The summed E-state index contributed by atoms with van der Waals surface area (Å²) in [5.74, 6) is 0.566. The monoisotopic (exact) mass is 330 g/mol. The zero-order valence-electron chi connectivity index (χ0n) is 12.1. The van der Waals surface area contributed by atoms with Crippen LogP contribution in [0.1, 0.15) is 39.0 Å². The van der Waals surface area contributed by atoms with Crippen LogP contribution in [0.4, 0.5) is 0 Å². The predicted octanol–water partition coefficient (Wildman–Crippen LogP) is 2.21. The smallest absolute Gasteiger partial charge is 0.255 e. The molecule has 6 nitrogen and oxygen atoms in total. The van der Waals surface area contributed by atoms with Crippen molar-refractivity contribution in [3.05, 3.63) is 11.2 Å². The Labute approximate surface area is 130 Å². The fourth-order valence-corrected chi connectivity index (χ4v) is 4.86. The normalized spacial score (nSPS) is 26.5. The van der Waals surface area contributed by atoms with Gasteiger partial charge in [0.05, 0.1) is 17.3 Å². The molecule has 0 spiro atoms. The lowest BCUT2D eigenvalue weighted by Gasteiger charge is -2.34. The molecule has 0 aliphatic heterocycles. The summed E-state index contributed by atoms with van der Waals surface area (Å²) in [5.41, 5.74) is -1.04. The number of aromatic nitrogens is 2. The number of aryl methyl sites for hydroxylation is 1. The summed E-state index contributed by atoms with van der Waals surface area (Å²) < 4.78 is 28.8. The molecule has 0 unspecified atom stereocenters. The zero-order chi connectivity index (χ0) is 15.7. The fraction of sp³-hybridized carbons (Fsp3) is 0.692. The largest absolute Gasteiger partial charge is 0.260 e. The lowest BCUT2D eigenvalue weighted by molar-refractivity contribution is 0.259. The van der Waals surface area contributed by atoms with E-state index in [4.69, 9.17) is 11.6 Å². The van der Waals surface area contributed by atoms with Crippen LogP contribution >= 0.6 is 11.6 Å². The van der Waals surface area contributed by atoms with Crippen molar-refractivity contribution in [3.63, 3.8) is 0 Å². The van der Waals surface area contributed by atoms with Crippen LogP contribution in [-0.4, -0.2) is 23.7 Å². The summed E-state index contributed by atoms with van der Waals surface area (Å²) in [6.45, 7) is 2.11. The quantitative estimate of drug-likeness (QED) is 0.916. The van der Waals surface area contributed by atoms with Crippen LogP contribution in [0.2, 0.25) is 5.02 Å². The molecular formula is C13H19ClN4O2S. The van der Waals surface area contributed by atoms with E-state index >= 15 is 0 Å². The number of halogens is 1. The number of hydrogen-bond donors (Lipinski definition) is 1. The summed E-state index contributed by atoms with van der Waals surface area (Å²) >= 11 is 5.90. The molecule has 21 heavy (non-hydrogen) atoms. The molecule has 1 aromatic rings. The Hall–Kier alpha value is -1.10. The van der Waals surface area contributed by atoms with Gasteiger partial charge in [-0.25, -0.2) is 8.42 Å². The minimum atomic E-state index is -3.88. The maximum atomic E-state index is 12.5. The van der Waals surface area contributed by atoms with Gasteiger partial charge in [0.25, 0.3) is 10.0 Å². The molecule has 1 heterocycles. The first-order valence-electron chi connectivity index (χ1n) is 6.96.